The van der Waals surface area contributed by atoms with E-state index in [0.29, 0.717) is 5.69 Å². The number of halogens is 1. The van der Waals surface area contributed by atoms with E-state index in [2.05, 4.69) is 5.32 Å². The van der Waals surface area contributed by atoms with E-state index < -0.39 is 39.9 Å². The summed E-state index contributed by atoms with van der Waals surface area (Å²) in [5.74, 6) is -2.68. The van der Waals surface area contributed by atoms with Crippen molar-refractivity contribution in [2.45, 2.75) is 18.7 Å². The number of benzene rings is 2. The molecule has 150 valence electrons. The fourth-order valence-electron chi connectivity index (χ4n) is 2.31. The molecular formula is C19H21FN2O5S. The van der Waals surface area contributed by atoms with Crippen LogP contribution in [0.25, 0.3) is 0 Å². The summed E-state index contributed by atoms with van der Waals surface area (Å²) in [5.41, 5.74) is 1.86. The number of esters is 1. The van der Waals surface area contributed by atoms with Gasteiger partial charge in [-0.15, -0.1) is 0 Å². The Morgan fingerprint density at radius 2 is 1.82 bits per heavy atom. The third-order valence-electron chi connectivity index (χ3n) is 4.15. The smallest absolute Gasteiger partial charge is 0.341 e. The first-order chi connectivity index (χ1) is 13.0. The van der Waals surface area contributed by atoms with Gasteiger partial charge >= 0.3 is 5.97 Å². The molecule has 7 nitrogen and oxygen atoms in total. The third kappa shape index (κ3) is 4.73. The molecule has 1 amide bonds. The van der Waals surface area contributed by atoms with Crippen molar-refractivity contribution in [1.82, 2.24) is 4.31 Å². The van der Waals surface area contributed by atoms with E-state index in [9.17, 15) is 22.4 Å². The van der Waals surface area contributed by atoms with Crippen molar-refractivity contribution in [3.05, 3.63) is 58.9 Å². The maximum Gasteiger partial charge on any atom is 0.341 e. The summed E-state index contributed by atoms with van der Waals surface area (Å²) >= 11 is 0. The van der Waals surface area contributed by atoms with E-state index >= 15 is 0 Å². The lowest BCUT2D eigenvalue weighted by Gasteiger charge is -2.13. The summed E-state index contributed by atoms with van der Waals surface area (Å²) < 4.78 is 44.0. The van der Waals surface area contributed by atoms with Crippen LogP contribution in [0, 0.1) is 19.7 Å². The van der Waals surface area contributed by atoms with E-state index in [0.717, 1.165) is 33.6 Å². The molecule has 2 aromatic rings. The van der Waals surface area contributed by atoms with Crippen LogP contribution in [0.1, 0.15) is 21.5 Å². The molecule has 0 unspecified atom stereocenters. The first-order valence-electron chi connectivity index (χ1n) is 8.29. The highest BCUT2D eigenvalue weighted by Crippen LogP contribution is 2.19. The van der Waals surface area contributed by atoms with E-state index in [1.165, 1.54) is 14.1 Å². The van der Waals surface area contributed by atoms with Crippen LogP contribution in [0.4, 0.5) is 10.1 Å². The maximum atomic E-state index is 14.0. The highest BCUT2D eigenvalue weighted by atomic mass is 32.2. The molecule has 0 aliphatic rings. The number of carbonyl (C=O) groups is 2. The van der Waals surface area contributed by atoms with Crippen LogP contribution >= 0.6 is 0 Å². The monoisotopic (exact) mass is 408 g/mol. The Morgan fingerprint density at radius 1 is 1.14 bits per heavy atom. The van der Waals surface area contributed by atoms with Crippen molar-refractivity contribution >= 4 is 27.6 Å². The molecule has 0 atom stereocenters. The van der Waals surface area contributed by atoms with E-state index in [4.69, 9.17) is 4.74 Å². The van der Waals surface area contributed by atoms with Crippen LogP contribution in [0.3, 0.4) is 0 Å². The van der Waals surface area contributed by atoms with E-state index in [1.807, 2.05) is 19.9 Å². The molecule has 0 aromatic heterocycles. The molecule has 0 radical (unpaired) electrons. The minimum Gasteiger partial charge on any atom is -0.452 e. The van der Waals surface area contributed by atoms with Crippen molar-refractivity contribution in [1.29, 1.82) is 0 Å². The van der Waals surface area contributed by atoms with Crippen LogP contribution in [0.5, 0.6) is 0 Å². The number of carbonyl (C=O) groups excluding carboxylic acids is 2. The van der Waals surface area contributed by atoms with Crippen LogP contribution in [0.15, 0.2) is 41.3 Å². The summed E-state index contributed by atoms with van der Waals surface area (Å²) in [6.45, 7) is 3.09. The fraction of sp³-hybridized carbons (Fsp3) is 0.263. The average molecular weight is 408 g/mol. The molecule has 28 heavy (non-hydrogen) atoms. The lowest BCUT2D eigenvalue weighted by atomic mass is 10.1. The predicted molar refractivity (Wildman–Crippen MR) is 102 cm³/mol. The van der Waals surface area contributed by atoms with Crippen LogP contribution in [-0.4, -0.2) is 45.3 Å². The Labute approximate surface area is 163 Å². The molecule has 2 aromatic carbocycles. The topological polar surface area (TPSA) is 92.8 Å². The minimum absolute atomic E-state index is 0.259. The van der Waals surface area contributed by atoms with Gasteiger partial charge in [0.05, 0.1) is 10.5 Å². The number of anilines is 1. The Morgan fingerprint density at radius 3 is 2.46 bits per heavy atom. The largest absolute Gasteiger partial charge is 0.452 e. The Kier molecular flexibility index (Phi) is 6.52. The highest BCUT2D eigenvalue weighted by Gasteiger charge is 2.22. The second-order valence-electron chi connectivity index (χ2n) is 6.30. The zero-order valence-corrected chi connectivity index (χ0v) is 16.8. The Bertz CT molecular complexity index is 1020. The van der Waals surface area contributed by atoms with Gasteiger partial charge < -0.3 is 10.1 Å². The van der Waals surface area contributed by atoms with Gasteiger partial charge in [0.25, 0.3) is 5.91 Å². The summed E-state index contributed by atoms with van der Waals surface area (Å²) in [4.78, 5) is 23.9. The average Bonchev–Trinajstić information content (AvgIpc) is 2.63. The lowest BCUT2D eigenvalue weighted by Crippen LogP contribution is -2.24. The SMILES string of the molecule is Cc1cccc(NC(=O)COC(=O)c2cc(S(=O)(=O)N(C)C)ccc2F)c1C. The molecular weight excluding hydrogens is 387 g/mol. The van der Waals surface area contributed by atoms with Crippen molar-refractivity contribution in [2.75, 3.05) is 26.0 Å². The van der Waals surface area contributed by atoms with Gasteiger partial charge in [-0.05, 0) is 49.2 Å². The van der Waals surface area contributed by atoms with Gasteiger partial charge in [0.15, 0.2) is 6.61 Å². The molecule has 0 aliphatic carbocycles. The second-order valence-corrected chi connectivity index (χ2v) is 8.45. The quantitative estimate of drug-likeness (QED) is 0.742. The molecule has 0 fully saturated rings. The number of sulfonamides is 1. The number of hydrogen-bond donors (Lipinski definition) is 1. The van der Waals surface area contributed by atoms with E-state index in [1.54, 1.807) is 12.1 Å². The summed E-state index contributed by atoms with van der Waals surface area (Å²) in [5, 5.41) is 2.61. The van der Waals surface area contributed by atoms with Gasteiger partial charge in [0.1, 0.15) is 5.82 Å². The van der Waals surface area contributed by atoms with Gasteiger partial charge in [0, 0.05) is 19.8 Å². The second kappa shape index (κ2) is 8.49. The number of amides is 1. The van der Waals surface area contributed by atoms with Crippen molar-refractivity contribution in [3.8, 4) is 0 Å². The van der Waals surface area contributed by atoms with Gasteiger partial charge in [-0.3, -0.25) is 4.79 Å². The number of ether oxygens (including phenoxy) is 1. The normalized spacial score (nSPS) is 11.4. The molecule has 0 bridgehead atoms. The van der Waals surface area contributed by atoms with Gasteiger partial charge in [-0.25, -0.2) is 21.9 Å². The molecule has 0 heterocycles. The fourth-order valence-corrected chi connectivity index (χ4v) is 3.24. The molecule has 0 aliphatic heterocycles. The summed E-state index contributed by atoms with van der Waals surface area (Å²) in [7, 11) is -1.22. The van der Waals surface area contributed by atoms with Crippen molar-refractivity contribution in [2.24, 2.45) is 0 Å². The predicted octanol–water partition coefficient (Wildman–Crippen LogP) is 2.49. The molecule has 0 saturated carbocycles. The number of hydrogen-bond acceptors (Lipinski definition) is 5. The number of nitrogens with zero attached hydrogens (tertiary/aromatic N) is 1. The van der Waals surface area contributed by atoms with E-state index in [-0.39, 0.29) is 4.90 Å². The molecule has 0 saturated heterocycles. The first-order valence-corrected chi connectivity index (χ1v) is 9.73. The Balaban J connectivity index is 2.11. The van der Waals surface area contributed by atoms with Crippen LogP contribution < -0.4 is 5.32 Å². The zero-order valence-electron chi connectivity index (χ0n) is 15.9. The van der Waals surface area contributed by atoms with Crippen LogP contribution in [-0.2, 0) is 19.6 Å². The Hall–Kier alpha value is -2.78. The van der Waals surface area contributed by atoms with Gasteiger partial charge in [-0.2, -0.15) is 0 Å². The highest BCUT2D eigenvalue weighted by molar-refractivity contribution is 7.89. The third-order valence-corrected chi connectivity index (χ3v) is 5.96. The maximum absolute atomic E-state index is 14.0. The lowest BCUT2D eigenvalue weighted by molar-refractivity contribution is -0.119. The standard InChI is InChI=1S/C19H21FN2O5S/c1-12-6-5-7-17(13(12)2)21-18(23)11-27-19(24)15-10-14(8-9-16(15)20)28(25,26)22(3)4/h5-10H,11H2,1-4H3,(H,21,23). The first kappa shape index (κ1) is 21.5. The molecule has 2 rings (SSSR count). The number of rotatable bonds is 6. The van der Waals surface area contributed by atoms with Gasteiger partial charge in [0.2, 0.25) is 10.0 Å². The van der Waals surface area contributed by atoms with Crippen molar-refractivity contribution in [3.63, 3.8) is 0 Å². The molecule has 0 spiro atoms. The molecule has 9 heteroatoms. The zero-order chi connectivity index (χ0) is 21.1. The molecule has 1 N–H and O–H groups in total. The summed E-state index contributed by atoms with van der Waals surface area (Å²) in [6, 6.07) is 8.17. The number of nitrogens with one attached hydrogen (secondary N) is 1. The number of aryl methyl sites for hydroxylation is 1. The van der Waals surface area contributed by atoms with Gasteiger partial charge in [-0.1, -0.05) is 12.1 Å². The van der Waals surface area contributed by atoms with Crippen molar-refractivity contribution < 1.29 is 27.1 Å². The summed E-state index contributed by atoms with van der Waals surface area (Å²) in [6.07, 6.45) is 0. The van der Waals surface area contributed by atoms with Crippen LogP contribution in [0.2, 0.25) is 0 Å². The minimum atomic E-state index is -3.85.